The Balaban J connectivity index is 2.08. The van der Waals surface area contributed by atoms with Crippen molar-refractivity contribution in [3.63, 3.8) is 0 Å². The van der Waals surface area contributed by atoms with Crippen LogP contribution >= 0.6 is 0 Å². The lowest BCUT2D eigenvalue weighted by molar-refractivity contribution is 0.306. The van der Waals surface area contributed by atoms with Crippen LogP contribution in [0.5, 0.6) is 5.75 Å². The standard InChI is InChI=1S/C14H15BO3/c1-11-7-8-13(9-14(11)15(16)17)18-10-12-5-3-2-4-6-12/h2-9,16-17H,10H2,1H3. The number of benzene rings is 2. The molecule has 0 heterocycles. The quantitative estimate of drug-likeness (QED) is 0.793. The molecule has 4 heteroatoms. The predicted molar refractivity (Wildman–Crippen MR) is 71.8 cm³/mol. The molecule has 0 spiro atoms. The molecule has 2 aromatic carbocycles. The number of hydrogen-bond donors (Lipinski definition) is 2. The van der Waals surface area contributed by atoms with Gasteiger partial charge in [-0.2, -0.15) is 0 Å². The second kappa shape index (κ2) is 5.71. The largest absolute Gasteiger partial charge is 0.489 e. The van der Waals surface area contributed by atoms with Gasteiger partial charge < -0.3 is 14.8 Å². The van der Waals surface area contributed by atoms with Gasteiger partial charge in [-0.15, -0.1) is 0 Å². The van der Waals surface area contributed by atoms with Crippen LogP contribution in [0.25, 0.3) is 0 Å². The topological polar surface area (TPSA) is 49.7 Å². The van der Waals surface area contributed by atoms with E-state index < -0.39 is 7.12 Å². The summed E-state index contributed by atoms with van der Waals surface area (Å²) >= 11 is 0. The predicted octanol–water partition coefficient (Wildman–Crippen LogP) is 1.25. The summed E-state index contributed by atoms with van der Waals surface area (Å²) in [6.07, 6.45) is 0. The maximum absolute atomic E-state index is 9.21. The third kappa shape index (κ3) is 3.12. The average Bonchev–Trinajstić information content (AvgIpc) is 2.38. The Labute approximate surface area is 107 Å². The maximum Gasteiger partial charge on any atom is 0.488 e. The molecule has 0 radical (unpaired) electrons. The molecule has 0 aliphatic rings. The molecule has 0 saturated heterocycles. The molecule has 0 saturated carbocycles. The van der Waals surface area contributed by atoms with Gasteiger partial charge in [0.1, 0.15) is 12.4 Å². The van der Waals surface area contributed by atoms with E-state index in [-0.39, 0.29) is 0 Å². The minimum atomic E-state index is -1.47. The third-order valence-electron chi connectivity index (χ3n) is 2.78. The summed E-state index contributed by atoms with van der Waals surface area (Å²) in [5.74, 6) is 0.632. The van der Waals surface area contributed by atoms with Crippen LogP contribution in [0.1, 0.15) is 11.1 Å². The van der Waals surface area contributed by atoms with Gasteiger partial charge in [0.2, 0.25) is 0 Å². The van der Waals surface area contributed by atoms with Crippen molar-refractivity contribution >= 4 is 12.6 Å². The zero-order valence-corrected chi connectivity index (χ0v) is 10.2. The van der Waals surface area contributed by atoms with E-state index in [1.54, 1.807) is 6.07 Å². The van der Waals surface area contributed by atoms with E-state index in [9.17, 15) is 10.0 Å². The summed E-state index contributed by atoms with van der Waals surface area (Å²) in [6, 6.07) is 15.1. The molecule has 18 heavy (non-hydrogen) atoms. The fraction of sp³-hybridized carbons (Fsp3) is 0.143. The SMILES string of the molecule is Cc1ccc(OCc2ccccc2)cc1B(O)O. The minimum absolute atomic E-state index is 0.463. The summed E-state index contributed by atoms with van der Waals surface area (Å²) in [4.78, 5) is 0. The van der Waals surface area contributed by atoms with Crippen molar-refractivity contribution in [3.05, 3.63) is 59.7 Å². The number of rotatable bonds is 4. The van der Waals surface area contributed by atoms with Crippen molar-refractivity contribution in [3.8, 4) is 5.75 Å². The van der Waals surface area contributed by atoms with Gasteiger partial charge in [0.05, 0.1) is 0 Å². The van der Waals surface area contributed by atoms with E-state index in [2.05, 4.69) is 0 Å². The molecule has 0 bridgehead atoms. The van der Waals surface area contributed by atoms with Crippen molar-refractivity contribution in [2.24, 2.45) is 0 Å². The van der Waals surface area contributed by atoms with Gasteiger partial charge in [0.15, 0.2) is 0 Å². The van der Waals surface area contributed by atoms with Crippen LogP contribution in [0.2, 0.25) is 0 Å². The van der Waals surface area contributed by atoms with Gasteiger partial charge in [0.25, 0.3) is 0 Å². The molecule has 0 fully saturated rings. The second-order valence-corrected chi connectivity index (χ2v) is 4.17. The molecule has 0 aliphatic heterocycles. The maximum atomic E-state index is 9.21. The fourth-order valence-corrected chi connectivity index (χ4v) is 1.73. The highest BCUT2D eigenvalue weighted by molar-refractivity contribution is 6.59. The Morgan fingerprint density at radius 2 is 1.78 bits per heavy atom. The molecule has 0 atom stereocenters. The Morgan fingerprint density at radius 3 is 2.44 bits per heavy atom. The first-order chi connectivity index (χ1) is 8.66. The summed E-state index contributed by atoms with van der Waals surface area (Å²) < 4.78 is 5.62. The molecule has 2 N–H and O–H groups in total. The van der Waals surface area contributed by atoms with E-state index >= 15 is 0 Å². The highest BCUT2D eigenvalue weighted by atomic mass is 16.5. The number of aryl methyl sites for hydroxylation is 1. The third-order valence-corrected chi connectivity index (χ3v) is 2.78. The van der Waals surface area contributed by atoms with Crippen molar-refractivity contribution in [1.29, 1.82) is 0 Å². The minimum Gasteiger partial charge on any atom is -0.489 e. The van der Waals surface area contributed by atoms with Gasteiger partial charge in [0, 0.05) is 0 Å². The molecule has 2 aromatic rings. The van der Waals surface area contributed by atoms with E-state index in [4.69, 9.17) is 4.74 Å². The van der Waals surface area contributed by atoms with E-state index in [0.29, 0.717) is 17.8 Å². The number of ether oxygens (including phenoxy) is 1. The average molecular weight is 242 g/mol. The Morgan fingerprint density at radius 1 is 1.06 bits per heavy atom. The molecular formula is C14H15BO3. The van der Waals surface area contributed by atoms with Crippen molar-refractivity contribution < 1.29 is 14.8 Å². The summed E-state index contributed by atoms with van der Waals surface area (Å²) in [6.45, 7) is 2.29. The first-order valence-corrected chi connectivity index (χ1v) is 5.80. The lowest BCUT2D eigenvalue weighted by Crippen LogP contribution is -2.32. The van der Waals surface area contributed by atoms with Crippen LogP contribution in [0.3, 0.4) is 0 Å². The first kappa shape index (κ1) is 12.7. The summed E-state index contributed by atoms with van der Waals surface area (Å²) in [7, 11) is -1.47. The van der Waals surface area contributed by atoms with Crippen molar-refractivity contribution in [2.75, 3.05) is 0 Å². The Bertz CT molecular complexity index is 512. The lowest BCUT2D eigenvalue weighted by Gasteiger charge is -2.10. The molecule has 92 valence electrons. The highest BCUT2D eigenvalue weighted by Gasteiger charge is 2.14. The smallest absolute Gasteiger partial charge is 0.488 e. The second-order valence-electron chi connectivity index (χ2n) is 4.17. The molecule has 3 nitrogen and oxygen atoms in total. The fourth-order valence-electron chi connectivity index (χ4n) is 1.73. The molecule has 0 unspecified atom stereocenters. The van der Waals surface area contributed by atoms with Crippen LogP contribution in [-0.2, 0) is 6.61 Å². The molecule has 0 amide bonds. The van der Waals surface area contributed by atoms with Crippen LogP contribution < -0.4 is 10.2 Å². The normalized spacial score (nSPS) is 10.2. The molecule has 0 aromatic heterocycles. The van der Waals surface area contributed by atoms with Crippen LogP contribution in [0.15, 0.2) is 48.5 Å². The van der Waals surface area contributed by atoms with Crippen molar-refractivity contribution in [1.82, 2.24) is 0 Å². The van der Waals surface area contributed by atoms with E-state index in [0.717, 1.165) is 11.1 Å². The molecule has 0 aliphatic carbocycles. The summed E-state index contributed by atoms with van der Waals surface area (Å²) in [5.41, 5.74) is 2.38. The number of hydrogen-bond acceptors (Lipinski definition) is 3. The highest BCUT2D eigenvalue weighted by Crippen LogP contribution is 2.12. The molecular weight excluding hydrogens is 227 g/mol. The van der Waals surface area contributed by atoms with Gasteiger partial charge in [-0.25, -0.2) is 0 Å². The zero-order chi connectivity index (χ0) is 13.0. The van der Waals surface area contributed by atoms with Crippen LogP contribution in [0.4, 0.5) is 0 Å². The summed E-state index contributed by atoms with van der Waals surface area (Å²) in [5, 5.41) is 18.4. The lowest BCUT2D eigenvalue weighted by atomic mass is 9.77. The molecule has 2 rings (SSSR count). The monoisotopic (exact) mass is 242 g/mol. The van der Waals surface area contributed by atoms with Gasteiger partial charge in [-0.3, -0.25) is 0 Å². The van der Waals surface area contributed by atoms with Gasteiger partial charge in [-0.1, -0.05) is 42.0 Å². The van der Waals surface area contributed by atoms with E-state index in [1.165, 1.54) is 0 Å². The van der Waals surface area contributed by atoms with Crippen molar-refractivity contribution in [2.45, 2.75) is 13.5 Å². The van der Waals surface area contributed by atoms with Crippen LogP contribution in [0, 0.1) is 6.92 Å². The Kier molecular flexibility index (Phi) is 4.02. The first-order valence-electron chi connectivity index (χ1n) is 5.80. The van der Waals surface area contributed by atoms with Gasteiger partial charge >= 0.3 is 7.12 Å². The van der Waals surface area contributed by atoms with Crippen LogP contribution in [-0.4, -0.2) is 17.2 Å². The zero-order valence-electron chi connectivity index (χ0n) is 10.2. The van der Waals surface area contributed by atoms with Gasteiger partial charge in [-0.05, 0) is 30.1 Å². The van der Waals surface area contributed by atoms with E-state index in [1.807, 2.05) is 49.4 Å². The Hall–Kier alpha value is -1.78.